The van der Waals surface area contributed by atoms with Gasteiger partial charge in [0.05, 0.1) is 12.7 Å². The Bertz CT molecular complexity index is 956. The lowest BCUT2D eigenvalue weighted by atomic mass is 10.1. The lowest BCUT2D eigenvalue weighted by molar-refractivity contribution is -0.173. The number of ether oxygens (including phenoxy) is 1. The largest absolute Gasteiger partial charge is 0.496 e. The van der Waals surface area contributed by atoms with Crippen molar-refractivity contribution in [1.82, 2.24) is 9.29 Å². The van der Waals surface area contributed by atoms with Gasteiger partial charge in [-0.25, -0.2) is 8.42 Å². The first-order valence-electron chi connectivity index (χ1n) is 7.73. The van der Waals surface area contributed by atoms with Crippen molar-refractivity contribution in [2.75, 3.05) is 13.7 Å². The first-order valence-corrected chi connectivity index (χ1v) is 9.17. The Morgan fingerprint density at radius 2 is 1.96 bits per heavy atom. The van der Waals surface area contributed by atoms with Gasteiger partial charge in [-0.05, 0) is 12.1 Å². The third kappa shape index (κ3) is 4.20. The average Bonchev–Trinajstić information content (AvgIpc) is 2.64. The van der Waals surface area contributed by atoms with Crippen LogP contribution in [0.5, 0.6) is 5.75 Å². The normalized spacial score (nSPS) is 13.2. The van der Waals surface area contributed by atoms with Crippen molar-refractivity contribution >= 4 is 10.0 Å². The first-order chi connectivity index (χ1) is 12.7. The molecular formula is C17H16F3N3O3S. The fraction of sp³-hybridized carbons (Fsp3) is 0.294. The summed E-state index contributed by atoms with van der Waals surface area (Å²) in [5.74, 6) is -0.0858. The highest BCUT2D eigenvalue weighted by Gasteiger charge is 2.49. The van der Waals surface area contributed by atoms with Crippen LogP contribution in [0.15, 0.2) is 47.6 Å². The summed E-state index contributed by atoms with van der Waals surface area (Å²) in [5.41, 5.74) is -0.407. The van der Waals surface area contributed by atoms with Gasteiger partial charge in [0.15, 0.2) is 0 Å². The molecule has 1 aromatic heterocycles. The van der Waals surface area contributed by atoms with Gasteiger partial charge in [0.2, 0.25) is 10.0 Å². The van der Waals surface area contributed by atoms with Gasteiger partial charge < -0.3 is 4.74 Å². The summed E-state index contributed by atoms with van der Waals surface area (Å²) in [7, 11) is -3.39. The standard InChI is InChI=1S/C17H16F3N3O3S/c1-3-23(27(24,25)13-8-12(9-21)10-22-11-13)16(17(18,19)20)14-6-4-5-7-15(14)26-2/h4-8,10-11,16H,3H2,1-2H3. The van der Waals surface area contributed by atoms with Gasteiger partial charge in [0, 0.05) is 24.5 Å². The Morgan fingerprint density at radius 3 is 2.52 bits per heavy atom. The number of hydrogen-bond acceptors (Lipinski definition) is 5. The Balaban J connectivity index is 2.67. The van der Waals surface area contributed by atoms with Gasteiger partial charge in [-0.15, -0.1) is 0 Å². The number of nitriles is 1. The molecule has 10 heteroatoms. The number of benzene rings is 1. The predicted octanol–water partition coefficient (Wildman–Crippen LogP) is 3.28. The molecule has 144 valence electrons. The van der Waals surface area contributed by atoms with Gasteiger partial charge in [-0.3, -0.25) is 4.98 Å². The van der Waals surface area contributed by atoms with Gasteiger partial charge in [-0.2, -0.15) is 22.7 Å². The van der Waals surface area contributed by atoms with Crippen LogP contribution in [0, 0.1) is 11.3 Å². The summed E-state index contributed by atoms with van der Waals surface area (Å²) in [4.78, 5) is 3.14. The third-order valence-corrected chi connectivity index (χ3v) is 5.70. The Kier molecular flexibility index (Phi) is 6.08. The van der Waals surface area contributed by atoms with Crippen LogP contribution in [0.1, 0.15) is 24.1 Å². The second-order valence-electron chi connectivity index (χ2n) is 5.42. The van der Waals surface area contributed by atoms with E-state index in [0.717, 1.165) is 18.5 Å². The molecule has 0 aliphatic heterocycles. The summed E-state index contributed by atoms with van der Waals surface area (Å²) in [6.45, 7) is 0.842. The number of aromatic nitrogens is 1. The number of methoxy groups -OCH3 is 1. The Labute approximate surface area is 154 Å². The van der Waals surface area contributed by atoms with Crippen molar-refractivity contribution in [2.24, 2.45) is 0 Å². The number of sulfonamides is 1. The smallest absolute Gasteiger partial charge is 0.409 e. The van der Waals surface area contributed by atoms with Gasteiger partial charge in [0.25, 0.3) is 0 Å². The van der Waals surface area contributed by atoms with E-state index in [-0.39, 0.29) is 16.9 Å². The zero-order valence-corrected chi connectivity index (χ0v) is 15.3. The van der Waals surface area contributed by atoms with E-state index in [9.17, 15) is 21.6 Å². The van der Waals surface area contributed by atoms with E-state index in [1.807, 2.05) is 0 Å². The van der Waals surface area contributed by atoms with E-state index in [4.69, 9.17) is 10.00 Å². The molecule has 0 saturated heterocycles. The summed E-state index contributed by atoms with van der Waals surface area (Å²) < 4.78 is 72.9. The fourth-order valence-electron chi connectivity index (χ4n) is 2.63. The molecule has 1 atom stereocenters. The third-order valence-electron chi connectivity index (χ3n) is 3.79. The molecule has 1 unspecified atom stereocenters. The van der Waals surface area contributed by atoms with Crippen molar-refractivity contribution in [3.63, 3.8) is 0 Å². The summed E-state index contributed by atoms with van der Waals surface area (Å²) in [6, 6.07) is 5.59. The van der Waals surface area contributed by atoms with Crippen LogP contribution in [0.2, 0.25) is 0 Å². The summed E-state index contributed by atoms with van der Waals surface area (Å²) in [5, 5.41) is 8.91. The zero-order chi connectivity index (χ0) is 20.2. The number of hydrogen-bond donors (Lipinski definition) is 0. The van der Waals surface area contributed by atoms with E-state index >= 15 is 0 Å². The maximum atomic E-state index is 13.9. The van der Waals surface area contributed by atoms with Crippen molar-refractivity contribution in [2.45, 2.75) is 24.0 Å². The molecule has 2 aromatic rings. The number of rotatable bonds is 6. The van der Waals surface area contributed by atoms with Crippen LogP contribution >= 0.6 is 0 Å². The Hall–Kier alpha value is -2.64. The molecule has 0 bridgehead atoms. The molecule has 0 aliphatic carbocycles. The van der Waals surface area contributed by atoms with Crippen LogP contribution in [-0.4, -0.2) is 37.5 Å². The van der Waals surface area contributed by atoms with Crippen molar-refractivity contribution in [1.29, 1.82) is 5.26 Å². The average molecular weight is 399 g/mol. The number of halogens is 3. The van der Waals surface area contributed by atoms with Crippen LogP contribution in [0.4, 0.5) is 13.2 Å². The molecule has 0 N–H and O–H groups in total. The second kappa shape index (κ2) is 7.94. The SMILES string of the molecule is CCN(C(c1ccccc1OC)C(F)(F)F)S(=O)(=O)c1cncc(C#N)c1. The number of para-hydroxylation sites is 1. The van der Waals surface area contributed by atoms with Gasteiger partial charge in [0.1, 0.15) is 22.8 Å². The van der Waals surface area contributed by atoms with Crippen molar-refractivity contribution in [3.8, 4) is 11.8 Å². The number of nitrogens with zero attached hydrogens (tertiary/aromatic N) is 3. The molecular weight excluding hydrogens is 383 g/mol. The second-order valence-corrected chi connectivity index (χ2v) is 7.31. The van der Waals surface area contributed by atoms with Gasteiger partial charge >= 0.3 is 6.18 Å². The van der Waals surface area contributed by atoms with E-state index < -0.39 is 33.7 Å². The monoisotopic (exact) mass is 399 g/mol. The molecule has 2 rings (SSSR count). The Morgan fingerprint density at radius 1 is 1.30 bits per heavy atom. The van der Waals surface area contributed by atoms with E-state index in [0.29, 0.717) is 4.31 Å². The van der Waals surface area contributed by atoms with E-state index in [1.165, 1.54) is 38.3 Å². The quantitative estimate of drug-likeness (QED) is 0.744. The highest BCUT2D eigenvalue weighted by atomic mass is 32.2. The lowest BCUT2D eigenvalue weighted by Gasteiger charge is -2.32. The lowest BCUT2D eigenvalue weighted by Crippen LogP contribution is -2.42. The zero-order valence-electron chi connectivity index (χ0n) is 14.4. The van der Waals surface area contributed by atoms with E-state index in [2.05, 4.69) is 4.98 Å². The highest BCUT2D eigenvalue weighted by Crippen LogP contribution is 2.43. The topological polar surface area (TPSA) is 83.3 Å². The highest BCUT2D eigenvalue weighted by molar-refractivity contribution is 7.89. The maximum Gasteiger partial charge on any atom is 0.409 e. The first kappa shape index (κ1) is 20.7. The number of pyridine rings is 1. The van der Waals surface area contributed by atoms with Crippen LogP contribution in [0.3, 0.4) is 0 Å². The molecule has 6 nitrogen and oxygen atoms in total. The molecule has 0 saturated carbocycles. The summed E-state index contributed by atoms with van der Waals surface area (Å²) >= 11 is 0. The van der Waals surface area contributed by atoms with Gasteiger partial charge in [-0.1, -0.05) is 25.1 Å². The van der Waals surface area contributed by atoms with Crippen molar-refractivity contribution < 1.29 is 26.3 Å². The van der Waals surface area contributed by atoms with Crippen LogP contribution in [-0.2, 0) is 10.0 Å². The molecule has 1 heterocycles. The van der Waals surface area contributed by atoms with Crippen LogP contribution in [0.25, 0.3) is 0 Å². The molecule has 0 radical (unpaired) electrons. The molecule has 0 fully saturated rings. The minimum absolute atomic E-state index is 0.0759. The molecule has 1 aromatic carbocycles. The molecule has 0 amide bonds. The predicted molar refractivity (Wildman–Crippen MR) is 90.3 cm³/mol. The minimum Gasteiger partial charge on any atom is -0.496 e. The fourth-order valence-corrected chi connectivity index (χ4v) is 4.23. The van der Waals surface area contributed by atoms with Crippen LogP contribution < -0.4 is 4.74 Å². The molecule has 0 spiro atoms. The van der Waals surface area contributed by atoms with Crippen molar-refractivity contribution in [3.05, 3.63) is 53.9 Å². The minimum atomic E-state index is -4.90. The maximum absolute atomic E-state index is 13.9. The van der Waals surface area contributed by atoms with E-state index in [1.54, 1.807) is 6.07 Å². The summed E-state index contributed by atoms with van der Waals surface area (Å²) in [6.07, 6.45) is -2.87. The number of alkyl halides is 3. The molecule has 27 heavy (non-hydrogen) atoms. The molecule has 0 aliphatic rings.